The molecule has 1 heterocycles. The highest BCUT2D eigenvalue weighted by Crippen LogP contribution is 2.37. The van der Waals surface area contributed by atoms with E-state index < -0.39 is 24.1 Å². The predicted octanol–water partition coefficient (Wildman–Crippen LogP) is 0.561. The summed E-state index contributed by atoms with van der Waals surface area (Å²) >= 11 is 2.00. The maximum Gasteiger partial charge on any atom is 0.164 e. The van der Waals surface area contributed by atoms with Gasteiger partial charge in [-0.3, -0.25) is 0 Å². The van der Waals surface area contributed by atoms with Crippen molar-refractivity contribution >= 4 is 22.6 Å². The molecule has 0 aromatic rings. The molecule has 2 aliphatic rings. The van der Waals surface area contributed by atoms with E-state index in [-0.39, 0.29) is 6.10 Å². The van der Waals surface area contributed by atoms with Crippen molar-refractivity contribution in [2.24, 2.45) is 0 Å². The lowest BCUT2D eigenvalue weighted by Gasteiger charge is -2.29. The topological polar surface area (TPSA) is 58.9 Å². The van der Waals surface area contributed by atoms with Gasteiger partial charge in [0.2, 0.25) is 0 Å². The number of hydrogen-bond donors (Lipinski definition) is 2. The Balaban J connectivity index is 2.26. The van der Waals surface area contributed by atoms with E-state index in [1.807, 2.05) is 22.6 Å². The standard InChI is InChI=1S/C9H13IO4/c1-9(2)13-5-3-4(10)6(11)7(12)8(5)14-9/h3,5-8,11-12H,1-2H3/t5-,6+,7+,8-/m0/s1. The maximum atomic E-state index is 9.75. The second-order valence-electron chi connectivity index (χ2n) is 4.05. The van der Waals surface area contributed by atoms with Crippen LogP contribution in [0.1, 0.15) is 13.8 Å². The maximum absolute atomic E-state index is 9.75. The minimum atomic E-state index is -0.904. The molecule has 0 saturated carbocycles. The third kappa shape index (κ3) is 1.71. The van der Waals surface area contributed by atoms with Crippen molar-refractivity contribution in [2.75, 3.05) is 0 Å². The van der Waals surface area contributed by atoms with Crippen molar-refractivity contribution in [1.82, 2.24) is 0 Å². The molecule has 0 bridgehead atoms. The van der Waals surface area contributed by atoms with Crippen LogP contribution in [0.25, 0.3) is 0 Å². The lowest BCUT2D eigenvalue weighted by atomic mass is 9.96. The molecule has 2 N–H and O–H groups in total. The molecule has 1 aliphatic heterocycles. The summed E-state index contributed by atoms with van der Waals surface area (Å²) in [5.74, 6) is -0.687. The van der Waals surface area contributed by atoms with Crippen molar-refractivity contribution in [3.8, 4) is 0 Å². The Bertz CT molecular complexity index is 276. The molecule has 4 atom stereocenters. The minimum Gasteiger partial charge on any atom is -0.387 e. The Morgan fingerprint density at radius 2 is 2.00 bits per heavy atom. The van der Waals surface area contributed by atoms with Gasteiger partial charge in [-0.2, -0.15) is 0 Å². The number of hydrogen-bond acceptors (Lipinski definition) is 4. The molecule has 0 aromatic carbocycles. The van der Waals surface area contributed by atoms with Gasteiger partial charge in [0.05, 0.1) is 0 Å². The lowest BCUT2D eigenvalue weighted by molar-refractivity contribution is -0.158. The van der Waals surface area contributed by atoms with Crippen LogP contribution in [0.15, 0.2) is 9.66 Å². The molecule has 1 fully saturated rings. The van der Waals surface area contributed by atoms with Gasteiger partial charge in [-0.1, -0.05) is 0 Å². The molecule has 14 heavy (non-hydrogen) atoms. The SMILES string of the molecule is CC1(C)O[C@@H]2[C@H](O)[C@H](O)C(I)=C[C@@H]2O1. The van der Waals surface area contributed by atoms with Gasteiger partial charge in [-0.15, -0.1) is 0 Å². The van der Waals surface area contributed by atoms with Crippen LogP contribution in [-0.2, 0) is 9.47 Å². The van der Waals surface area contributed by atoms with Crippen LogP contribution in [-0.4, -0.2) is 40.4 Å². The van der Waals surface area contributed by atoms with Gasteiger partial charge in [-0.05, 0) is 42.5 Å². The molecule has 0 spiro atoms. The monoisotopic (exact) mass is 312 g/mol. The first-order valence-electron chi connectivity index (χ1n) is 4.50. The summed E-state index contributed by atoms with van der Waals surface area (Å²) in [4.78, 5) is 0. The average molecular weight is 312 g/mol. The van der Waals surface area contributed by atoms with Crippen LogP contribution in [0, 0.1) is 0 Å². The number of aliphatic hydroxyl groups excluding tert-OH is 2. The molecular formula is C9H13IO4. The number of halogens is 1. The van der Waals surface area contributed by atoms with Gasteiger partial charge < -0.3 is 19.7 Å². The van der Waals surface area contributed by atoms with Gasteiger partial charge in [0.25, 0.3) is 0 Å². The van der Waals surface area contributed by atoms with Crippen molar-refractivity contribution in [3.05, 3.63) is 9.66 Å². The Morgan fingerprint density at radius 1 is 1.36 bits per heavy atom. The van der Waals surface area contributed by atoms with Crippen LogP contribution >= 0.6 is 22.6 Å². The highest BCUT2D eigenvalue weighted by molar-refractivity contribution is 14.1. The fraction of sp³-hybridized carbons (Fsp3) is 0.778. The lowest BCUT2D eigenvalue weighted by Crippen LogP contribution is -2.46. The van der Waals surface area contributed by atoms with Gasteiger partial charge in [-0.25, -0.2) is 0 Å². The molecular weight excluding hydrogens is 299 g/mol. The average Bonchev–Trinajstić information content (AvgIpc) is 2.37. The summed E-state index contributed by atoms with van der Waals surface area (Å²) in [6.07, 6.45) is -0.668. The zero-order valence-corrected chi connectivity index (χ0v) is 10.1. The number of aliphatic hydroxyl groups is 2. The van der Waals surface area contributed by atoms with Crippen molar-refractivity contribution in [2.45, 2.75) is 44.1 Å². The molecule has 0 radical (unpaired) electrons. The molecule has 5 heteroatoms. The quantitative estimate of drug-likeness (QED) is 0.642. The molecule has 0 amide bonds. The fourth-order valence-electron chi connectivity index (χ4n) is 1.81. The first-order chi connectivity index (χ1) is 6.41. The van der Waals surface area contributed by atoms with Crippen LogP contribution in [0.3, 0.4) is 0 Å². The zero-order chi connectivity index (χ0) is 10.5. The Morgan fingerprint density at radius 3 is 2.64 bits per heavy atom. The summed E-state index contributed by atoms with van der Waals surface area (Å²) in [6.45, 7) is 3.59. The Kier molecular flexibility index (Phi) is 2.64. The van der Waals surface area contributed by atoms with Gasteiger partial charge >= 0.3 is 0 Å². The van der Waals surface area contributed by atoms with Gasteiger partial charge in [0.15, 0.2) is 5.79 Å². The van der Waals surface area contributed by atoms with Crippen LogP contribution in [0.5, 0.6) is 0 Å². The van der Waals surface area contributed by atoms with Crippen molar-refractivity contribution in [1.29, 1.82) is 0 Å². The van der Waals surface area contributed by atoms with Gasteiger partial charge in [0.1, 0.15) is 24.4 Å². The summed E-state index contributed by atoms with van der Waals surface area (Å²) in [5, 5.41) is 19.4. The summed E-state index contributed by atoms with van der Waals surface area (Å²) in [5.41, 5.74) is 0. The first-order valence-corrected chi connectivity index (χ1v) is 5.57. The highest BCUT2D eigenvalue weighted by Gasteiger charge is 2.48. The van der Waals surface area contributed by atoms with Gasteiger partial charge in [0, 0.05) is 3.58 Å². The number of rotatable bonds is 0. The van der Waals surface area contributed by atoms with Crippen molar-refractivity contribution in [3.63, 3.8) is 0 Å². The van der Waals surface area contributed by atoms with Crippen LogP contribution < -0.4 is 0 Å². The molecule has 2 rings (SSSR count). The largest absolute Gasteiger partial charge is 0.387 e. The second-order valence-corrected chi connectivity index (χ2v) is 5.30. The van der Waals surface area contributed by atoms with E-state index in [4.69, 9.17) is 9.47 Å². The van der Waals surface area contributed by atoms with Crippen LogP contribution in [0.4, 0.5) is 0 Å². The minimum absolute atomic E-state index is 0.254. The Hall–Kier alpha value is 0.310. The highest BCUT2D eigenvalue weighted by atomic mass is 127. The van der Waals surface area contributed by atoms with E-state index in [1.54, 1.807) is 19.9 Å². The second kappa shape index (κ2) is 3.41. The number of ether oxygens (including phenoxy) is 2. The number of fused-ring (bicyclic) bond motifs is 1. The molecule has 1 aliphatic carbocycles. The molecule has 0 aromatic heterocycles. The van der Waals surface area contributed by atoms with E-state index in [2.05, 4.69) is 0 Å². The summed E-state index contributed by atoms with van der Waals surface area (Å²) in [6, 6.07) is 0. The van der Waals surface area contributed by atoms with Crippen LogP contribution in [0.2, 0.25) is 0 Å². The molecule has 80 valence electrons. The first kappa shape index (κ1) is 10.8. The van der Waals surface area contributed by atoms with E-state index in [0.717, 1.165) is 0 Å². The third-order valence-corrected chi connectivity index (χ3v) is 3.43. The summed E-state index contributed by atoms with van der Waals surface area (Å²) < 4.78 is 11.8. The third-order valence-electron chi connectivity index (χ3n) is 2.43. The van der Waals surface area contributed by atoms with E-state index in [9.17, 15) is 10.2 Å². The van der Waals surface area contributed by atoms with E-state index >= 15 is 0 Å². The summed E-state index contributed by atoms with van der Waals surface area (Å²) in [7, 11) is 0. The van der Waals surface area contributed by atoms with E-state index in [0.29, 0.717) is 3.58 Å². The predicted molar refractivity (Wildman–Crippen MR) is 57.9 cm³/mol. The molecule has 1 saturated heterocycles. The Labute approximate surface area is 96.0 Å². The zero-order valence-electron chi connectivity index (χ0n) is 7.98. The fourth-order valence-corrected chi connectivity index (χ4v) is 2.53. The smallest absolute Gasteiger partial charge is 0.164 e. The van der Waals surface area contributed by atoms with E-state index in [1.165, 1.54) is 0 Å². The molecule has 4 nitrogen and oxygen atoms in total. The van der Waals surface area contributed by atoms with Crippen molar-refractivity contribution < 1.29 is 19.7 Å². The normalized spacial score (nSPS) is 45.9. The molecule has 0 unspecified atom stereocenters.